The smallest absolute Gasteiger partial charge is 0.273 e. The molecule has 1 aromatic heterocycles. The zero-order valence-corrected chi connectivity index (χ0v) is 9.24. The highest BCUT2D eigenvalue weighted by atomic mass is 19.1. The van der Waals surface area contributed by atoms with Gasteiger partial charge < -0.3 is 9.84 Å². The van der Waals surface area contributed by atoms with Crippen LogP contribution in [0.25, 0.3) is 11.3 Å². The van der Waals surface area contributed by atoms with Crippen LogP contribution in [-0.2, 0) is 0 Å². The molecule has 5 heteroatoms. The third-order valence-electron chi connectivity index (χ3n) is 2.22. The van der Waals surface area contributed by atoms with Gasteiger partial charge in [0.25, 0.3) is 5.91 Å². The van der Waals surface area contributed by atoms with E-state index in [1.807, 2.05) is 0 Å². The maximum Gasteiger partial charge on any atom is 0.273 e. The van der Waals surface area contributed by atoms with Crippen LogP contribution in [0.3, 0.4) is 0 Å². The molecule has 1 amide bonds. The standard InChI is InChI=1S/C12H11FN2O2/c1-2-14-12(16)10-7-11(17-15-10)8-5-3-4-6-9(8)13/h3-7H,2H2,1H3,(H,14,16). The van der Waals surface area contributed by atoms with Gasteiger partial charge in [-0.1, -0.05) is 17.3 Å². The van der Waals surface area contributed by atoms with Crippen molar-refractivity contribution in [1.82, 2.24) is 10.5 Å². The number of carbonyl (C=O) groups is 1. The van der Waals surface area contributed by atoms with Crippen LogP contribution in [0.5, 0.6) is 0 Å². The Bertz CT molecular complexity index is 537. The molecular weight excluding hydrogens is 223 g/mol. The molecule has 0 aliphatic heterocycles. The lowest BCUT2D eigenvalue weighted by molar-refractivity contribution is 0.0947. The predicted octanol–water partition coefficient (Wildman–Crippen LogP) is 2.23. The van der Waals surface area contributed by atoms with Gasteiger partial charge in [0.1, 0.15) is 5.82 Å². The van der Waals surface area contributed by atoms with Crippen LogP contribution < -0.4 is 5.32 Å². The SMILES string of the molecule is CCNC(=O)c1cc(-c2ccccc2F)on1. The van der Waals surface area contributed by atoms with Crippen LogP contribution >= 0.6 is 0 Å². The first-order valence-corrected chi connectivity index (χ1v) is 5.22. The van der Waals surface area contributed by atoms with Gasteiger partial charge in [-0.3, -0.25) is 4.79 Å². The first-order valence-electron chi connectivity index (χ1n) is 5.22. The fourth-order valence-corrected chi connectivity index (χ4v) is 1.42. The Labute approximate surface area is 97.4 Å². The van der Waals surface area contributed by atoms with E-state index in [1.54, 1.807) is 25.1 Å². The molecule has 17 heavy (non-hydrogen) atoms. The minimum atomic E-state index is -0.411. The summed E-state index contributed by atoms with van der Waals surface area (Å²) in [7, 11) is 0. The number of hydrogen-bond donors (Lipinski definition) is 1. The number of nitrogens with one attached hydrogen (secondary N) is 1. The summed E-state index contributed by atoms with van der Waals surface area (Å²) in [6.07, 6.45) is 0. The van der Waals surface area contributed by atoms with Crippen molar-refractivity contribution in [2.24, 2.45) is 0 Å². The molecule has 0 unspecified atom stereocenters. The molecule has 0 atom stereocenters. The summed E-state index contributed by atoms with van der Waals surface area (Å²) in [5.74, 6) is -0.505. The van der Waals surface area contributed by atoms with Crippen molar-refractivity contribution >= 4 is 5.91 Å². The van der Waals surface area contributed by atoms with Crippen LogP contribution in [0.15, 0.2) is 34.9 Å². The zero-order chi connectivity index (χ0) is 12.3. The molecule has 1 heterocycles. The molecule has 1 N–H and O–H groups in total. The van der Waals surface area contributed by atoms with E-state index >= 15 is 0 Å². The second-order valence-electron chi connectivity index (χ2n) is 3.42. The molecular formula is C12H11FN2O2. The van der Waals surface area contributed by atoms with E-state index in [-0.39, 0.29) is 22.9 Å². The molecule has 1 aromatic carbocycles. The fourth-order valence-electron chi connectivity index (χ4n) is 1.42. The Morgan fingerprint density at radius 2 is 2.24 bits per heavy atom. The Balaban J connectivity index is 2.30. The lowest BCUT2D eigenvalue weighted by Crippen LogP contribution is -2.22. The number of benzene rings is 1. The summed E-state index contributed by atoms with van der Waals surface area (Å²) in [6.45, 7) is 2.30. The van der Waals surface area contributed by atoms with Crippen molar-refractivity contribution in [1.29, 1.82) is 0 Å². The van der Waals surface area contributed by atoms with Gasteiger partial charge in [0.15, 0.2) is 11.5 Å². The van der Waals surface area contributed by atoms with Crippen molar-refractivity contribution in [3.8, 4) is 11.3 Å². The van der Waals surface area contributed by atoms with Gasteiger partial charge in [-0.25, -0.2) is 4.39 Å². The van der Waals surface area contributed by atoms with Crippen LogP contribution in [0, 0.1) is 5.82 Å². The normalized spacial score (nSPS) is 10.2. The van der Waals surface area contributed by atoms with Crippen molar-refractivity contribution in [3.05, 3.63) is 41.8 Å². The summed E-state index contributed by atoms with van der Waals surface area (Å²) < 4.78 is 18.4. The average Bonchev–Trinajstić information content (AvgIpc) is 2.79. The Kier molecular flexibility index (Phi) is 3.18. The molecule has 0 saturated heterocycles. The minimum Gasteiger partial charge on any atom is -0.355 e. The lowest BCUT2D eigenvalue weighted by Gasteiger charge is -1.96. The quantitative estimate of drug-likeness (QED) is 0.886. The Morgan fingerprint density at radius 3 is 2.94 bits per heavy atom. The summed E-state index contributed by atoms with van der Waals surface area (Å²) >= 11 is 0. The van der Waals surface area contributed by atoms with Crippen LogP contribution in [0.4, 0.5) is 4.39 Å². The largest absolute Gasteiger partial charge is 0.355 e. The molecule has 0 saturated carbocycles. The fraction of sp³-hybridized carbons (Fsp3) is 0.167. The number of rotatable bonds is 3. The van der Waals surface area contributed by atoms with Gasteiger partial charge in [0, 0.05) is 12.6 Å². The molecule has 4 nitrogen and oxygen atoms in total. The number of carbonyl (C=O) groups excluding carboxylic acids is 1. The second kappa shape index (κ2) is 4.78. The third kappa shape index (κ3) is 2.33. The molecule has 88 valence electrons. The van der Waals surface area contributed by atoms with Gasteiger partial charge in [-0.2, -0.15) is 0 Å². The van der Waals surface area contributed by atoms with Crippen molar-refractivity contribution in [3.63, 3.8) is 0 Å². The molecule has 2 rings (SSSR count). The summed E-state index contributed by atoms with van der Waals surface area (Å²) in [5.41, 5.74) is 0.431. The van der Waals surface area contributed by atoms with Gasteiger partial charge in [0.2, 0.25) is 0 Å². The van der Waals surface area contributed by atoms with Gasteiger partial charge in [-0.15, -0.1) is 0 Å². The van der Waals surface area contributed by atoms with E-state index in [4.69, 9.17) is 4.52 Å². The van der Waals surface area contributed by atoms with Crippen LogP contribution in [-0.4, -0.2) is 17.6 Å². The average molecular weight is 234 g/mol. The first kappa shape index (κ1) is 11.3. The molecule has 0 aliphatic rings. The van der Waals surface area contributed by atoms with E-state index in [0.29, 0.717) is 6.54 Å². The van der Waals surface area contributed by atoms with E-state index < -0.39 is 5.82 Å². The topological polar surface area (TPSA) is 55.1 Å². The van der Waals surface area contributed by atoms with E-state index in [0.717, 1.165) is 0 Å². The monoisotopic (exact) mass is 234 g/mol. The van der Waals surface area contributed by atoms with Gasteiger partial charge >= 0.3 is 0 Å². The molecule has 2 aromatic rings. The van der Waals surface area contributed by atoms with E-state index in [2.05, 4.69) is 10.5 Å². The number of nitrogens with zero attached hydrogens (tertiary/aromatic N) is 1. The second-order valence-corrected chi connectivity index (χ2v) is 3.42. The van der Waals surface area contributed by atoms with Crippen LogP contribution in [0.2, 0.25) is 0 Å². The molecule has 0 spiro atoms. The summed E-state index contributed by atoms with van der Waals surface area (Å²) in [5, 5.41) is 6.18. The predicted molar refractivity (Wildman–Crippen MR) is 59.9 cm³/mol. The molecule has 0 radical (unpaired) electrons. The summed E-state index contributed by atoms with van der Waals surface area (Å²) in [4.78, 5) is 11.4. The van der Waals surface area contributed by atoms with E-state index in [1.165, 1.54) is 12.1 Å². The highest BCUT2D eigenvalue weighted by Gasteiger charge is 2.14. The summed E-state index contributed by atoms with van der Waals surface area (Å²) in [6, 6.07) is 7.58. The molecule has 0 bridgehead atoms. The van der Waals surface area contributed by atoms with Crippen LogP contribution in [0.1, 0.15) is 17.4 Å². The van der Waals surface area contributed by atoms with E-state index in [9.17, 15) is 9.18 Å². The maximum atomic E-state index is 13.4. The Hall–Kier alpha value is -2.17. The maximum absolute atomic E-state index is 13.4. The highest BCUT2D eigenvalue weighted by Crippen LogP contribution is 2.22. The third-order valence-corrected chi connectivity index (χ3v) is 2.22. The zero-order valence-electron chi connectivity index (χ0n) is 9.24. The number of hydrogen-bond acceptors (Lipinski definition) is 3. The number of amides is 1. The lowest BCUT2D eigenvalue weighted by atomic mass is 10.1. The van der Waals surface area contributed by atoms with Crippen molar-refractivity contribution in [2.45, 2.75) is 6.92 Å². The van der Waals surface area contributed by atoms with Gasteiger partial charge in [-0.05, 0) is 19.1 Å². The number of aromatic nitrogens is 1. The minimum absolute atomic E-state index is 0.144. The molecule has 0 aliphatic carbocycles. The Morgan fingerprint density at radius 1 is 1.47 bits per heavy atom. The highest BCUT2D eigenvalue weighted by molar-refractivity contribution is 5.93. The van der Waals surface area contributed by atoms with Gasteiger partial charge in [0.05, 0.1) is 5.56 Å². The first-order chi connectivity index (χ1) is 8.22. The molecule has 0 fully saturated rings. The van der Waals surface area contributed by atoms with Crippen molar-refractivity contribution in [2.75, 3.05) is 6.54 Å². The van der Waals surface area contributed by atoms with Crippen molar-refractivity contribution < 1.29 is 13.7 Å². The number of halogens is 1.